The molecule has 25 heteroatoms. The minimum Gasteiger partial charge on any atom is -0.445 e. The van der Waals surface area contributed by atoms with E-state index in [4.69, 9.17) is 19.9 Å². The smallest absolute Gasteiger partial charge is 0.410 e. The number of nitrogens with one attached hydrogen (secondary N) is 7. The zero-order valence-electron chi connectivity index (χ0n) is 57.5. The molecule has 1 saturated heterocycles. The van der Waals surface area contributed by atoms with E-state index in [2.05, 4.69) is 37.2 Å². The second kappa shape index (κ2) is 38.0. The molecule has 92 heavy (non-hydrogen) atoms. The van der Waals surface area contributed by atoms with Gasteiger partial charge in [0.05, 0.1) is 48.8 Å². The van der Waals surface area contributed by atoms with Gasteiger partial charge in [-0.05, 0) is 85.0 Å². The van der Waals surface area contributed by atoms with Crippen molar-refractivity contribution in [3.63, 3.8) is 0 Å². The second-order valence-electron chi connectivity index (χ2n) is 26.6. The van der Waals surface area contributed by atoms with E-state index in [0.29, 0.717) is 49.2 Å². The van der Waals surface area contributed by atoms with Crippen LogP contribution in [0.3, 0.4) is 0 Å². The molecule has 1 aliphatic heterocycles. The van der Waals surface area contributed by atoms with E-state index >= 15 is 0 Å². The summed E-state index contributed by atoms with van der Waals surface area (Å²) in [5.74, 6) is -5.72. The van der Waals surface area contributed by atoms with Crippen LogP contribution >= 0.6 is 0 Å². The molecule has 25 nitrogen and oxygen atoms in total. The third kappa shape index (κ3) is 24.6. The fourth-order valence-electron chi connectivity index (χ4n) is 11.4. The van der Waals surface area contributed by atoms with Crippen molar-refractivity contribution in [3.05, 3.63) is 65.7 Å². The Balaban J connectivity index is 1.70. The van der Waals surface area contributed by atoms with Crippen molar-refractivity contribution in [3.8, 4) is 0 Å². The Morgan fingerprint density at radius 1 is 0.717 bits per heavy atom. The van der Waals surface area contributed by atoms with Crippen LogP contribution in [0.5, 0.6) is 0 Å². The second-order valence-corrected chi connectivity index (χ2v) is 26.6. The minimum absolute atomic E-state index is 0.0771. The highest BCUT2D eigenvalue weighted by Gasteiger charge is 2.44. The Labute approximate surface area is 545 Å². The summed E-state index contributed by atoms with van der Waals surface area (Å²) in [5, 5.41) is 30.3. The molecule has 0 radical (unpaired) electrons. The van der Waals surface area contributed by atoms with E-state index < -0.39 is 126 Å². The van der Waals surface area contributed by atoms with Gasteiger partial charge >= 0.3 is 12.1 Å². The molecule has 2 aromatic rings. The van der Waals surface area contributed by atoms with Crippen LogP contribution in [0.15, 0.2) is 54.6 Å². The maximum atomic E-state index is 14.8. The Hall–Kier alpha value is -7.38. The first-order valence-electron chi connectivity index (χ1n) is 32.3. The Bertz CT molecular complexity index is 2730. The highest BCUT2D eigenvalue weighted by Crippen LogP contribution is 2.31. The molecule has 0 saturated carbocycles. The minimum atomic E-state index is -1.12. The molecule has 0 bridgehead atoms. The van der Waals surface area contributed by atoms with Crippen molar-refractivity contribution < 1.29 is 67.3 Å². The van der Waals surface area contributed by atoms with Crippen LogP contribution in [0.2, 0.25) is 0 Å². The molecule has 12 atom stereocenters. The number of ether oxygens (including phenoxy) is 3. The zero-order chi connectivity index (χ0) is 69.3. The number of carbonyl (C=O) groups is 10. The van der Waals surface area contributed by atoms with Crippen LogP contribution in [0, 0.1) is 35.0 Å². The summed E-state index contributed by atoms with van der Waals surface area (Å²) in [7, 11) is 6.09. The number of urea groups is 1. The van der Waals surface area contributed by atoms with Gasteiger partial charge in [0, 0.05) is 66.5 Å². The average Bonchev–Trinajstić information content (AvgIpc) is 1.41. The molecular formula is C67H109N11O14. The van der Waals surface area contributed by atoms with Gasteiger partial charge in [-0.1, -0.05) is 132 Å². The van der Waals surface area contributed by atoms with Crippen molar-refractivity contribution >= 4 is 65.1 Å². The van der Waals surface area contributed by atoms with Crippen LogP contribution in [0.25, 0.3) is 0 Å². The third-order valence-corrected chi connectivity index (χ3v) is 16.9. The van der Waals surface area contributed by atoms with Gasteiger partial charge in [0.15, 0.2) is 0 Å². The van der Waals surface area contributed by atoms with Crippen LogP contribution < -0.4 is 43.0 Å². The number of likely N-dealkylation sites (tertiary alicyclic amines) is 1. The standard InChI is InChI=1S/C67H109N11O14/c1-18-42(8)57(50(90-16)36-53(81)78-35-23-27-49(78)59(91-17)43(9)60(83)71-44(10)58(82)46-24-20-19-21-25-46)76(14)64(87)55(40(4)5)75-63(86)56(41(6)7)77(15)66(89)92-37-45-28-30-47(31-29-45)72-61(84)48(26-22-34-69-65(68)88)73-62(85)54(39(2)3)74-52(80)33-32-51(79)70-38-67(11,12)13/h19-21,24-25,28-31,39-44,48-50,54-59,82H,18,22-23,26-27,32-38H2,1-17H3,(H,70,79)(H,71,83)(H,72,84)(H,73,85)(H,74,80)(H,75,86)(H3,68,69,88)/t42-,43+,44+,48-,49-,50+,54?,55-,56?,57?,58+,59+/m0/s1. The average molecular weight is 1290 g/mol. The molecule has 1 heterocycles. The molecule has 11 amide bonds. The van der Waals surface area contributed by atoms with Gasteiger partial charge in [0.2, 0.25) is 47.3 Å². The molecule has 516 valence electrons. The largest absolute Gasteiger partial charge is 0.445 e. The number of anilines is 1. The van der Waals surface area contributed by atoms with Gasteiger partial charge in [0.1, 0.15) is 30.8 Å². The summed E-state index contributed by atoms with van der Waals surface area (Å²) in [5.41, 5.74) is 6.62. The lowest BCUT2D eigenvalue weighted by Crippen LogP contribution is -2.60. The number of aliphatic hydroxyl groups excluding tert-OH is 1. The lowest BCUT2D eigenvalue weighted by molar-refractivity contribution is -0.148. The molecule has 0 spiro atoms. The number of benzene rings is 2. The Morgan fingerprint density at radius 3 is 1.89 bits per heavy atom. The van der Waals surface area contributed by atoms with Gasteiger partial charge in [-0.2, -0.15) is 0 Å². The van der Waals surface area contributed by atoms with Crippen molar-refractivity contribution in [2.45, 2.75) is 209 Å². The molecule has 3 unspecified atom stereocenters. The first kappa shape index (κ1) is 78.9. The summed E-state index contributed by atoms with van der Waals surface area (Å²) in [6.07, 6.45) is -1.29. The fraction of sp³-hybridized carbons (Fsp3) is 0.672. The van der Waals surface area contributed by atoms with E-state index in [0.717, 1.165) is 0 Å². The van der Waals surface area contributed by atoms with E-state index in [9.17, 15) is 53.1 Å². The molecule has 0 aromatic heterocycles. The monoisotopic (exact) mass is 1290 g/mol. The highest BCUT2D eigenvalue weighted by atomic mass is 16.6. The van der Waals surface area contributed by atoms with E-state index in [1.807, 2.05) is 52.8 Å². The van der Waals surface area contributed by atoms with Crippen molar-refractivity contribution in [2.75, 3.05) is 53.3 Å². The molecule has 3 rings (SSSR count). The third-order valence-electron chi connectivity index (χ3n) is 16.9. The lowest BCUT2D eigenvalue weighted by Gasteiger charge is -2.41. The normalized spacial score (nSPS) is 16.9. The summed E-state index contributed by atoms with van der Waals surface area (Å²) in [6, 6.07) is 8.72. The first-order valence-corrected chi connectivity index (χ1v) is 32.3. The van der Waals surface area contributed by atoms with E-state index in [1.54, 1.807) is 109 Å². The Morgan fingerprint density at radius 2 is 1.34 bits per heavy atom. The van der Waals surface area contributed by atoms with Gasteiger partial charge in [0.25, 0.3) is 0 Å². The summed E-state index contributed by atoms with van der Waals surface area (Å²) in [4.78, 5) is 140. The molecule has 1 fully saturated rings. The van der Waals surface area contributed by atoms with Crippen LogP contribution in [0.1, 0.15) is 159 Å². The zero-order valence-corrected chi connectivity index (χ0v) is 57.5. The quantitative estimate of drug-likeness (QED) is 0.0379. The number of methoxy groups -OCH3 is 2. The number of amides is 11. The topological polar surface area (TPSA) is 339 Å². The number of likely N-dealkylation sites (N-methyl/N-ethyl adjacent to an activating group) is 2. The van der Waals surface area contributed by atoms with Crippen LogP contribution in [0.4, 0.5) is 15.3 Å². The Kier molecular flexibility index (Phi) is 32.5. The molecule has 1 aliphatic rings. The SMILES string of the molecule is CC[C@H](C)C([C@@H](CC(=O)N1CCC[C@H]1[C@H](OC)[C@@H](C)C(=O)N[C@H](C)[C@@H](O)c1ccccc1)OC)N(C)C(=O)[C@@H](NC(=O)C(C(C)C)N(C)C(=O)OCc1ccc(NC(=O)[C@H](CCCNC(N)=O)NC(=O)C(NC(=O)CCC(=O)NCC(C)(C)C)C(C)C)cc1)C(C)C. The maximum absolute atomic E-state index is 14.8. The van der Waals surface area contributed by atoms with Crippen LogP contribution in [-0.2, 0) is 59.2 Å². The number of primary amides is 1. The van der Waals surface area contributed by atoms with Gasteiger partial charge < -0.3 is 72.1 Å². The number of nitrogens with two attached hydrogens (primary N) is 1. The number of aliphatic hydroxyl groups is 1. The van der Waals surface area contributed by atoms with Crippen molar-refractivity contribution in [1.29, 1.82) is 0 Å². The molecule has 2 aromatic carbocycles. The number of carbonyl (C=O) groups excluding carboxylic acids is 10. The van der Waals surface area contributed by atoms with Gasteiger partial charge in [-0.3, -0.25) is 43.3 Å². The molecule has 10 N–H and O–H groups in total. The molecule has 0 aliphatic carbocycles. The first-order chi connectivity index (χ1) is 43.2. The predicted octanol–water partition coefficient (Wildman–Crippen LogP) is 5.53. The van der Waals surface area contributed by atoms with Gasteiger partial charge in [-0.25, -0.2) is 9.59 Å². The van der Waals surface area contributed by atoms with E-state index in [-0.39, 0.29) is 74.3 Å². The fourth-order valence-corrected chi connectivity index (χ4v) is 11.4. The number of nitrogens with zero attached hydrogens (tertiary/aromatic N) is 3. The molecular weight excluding hydrogens is 1180 g/mol. The van der Waals surface area contributed by atoms with Crippen molar-refractivity contribution in [2.24, 2.45) is 40.7 Å². The predicted molar refractivity (Wildman–Crippen MR) is 351 cm³/mol. The van der Waals surface area contributed by atoms with Gasteiger partial charge in [-0.15, -0.1) is 0 Å². The summed E-state index contributed by atoms with van der Waals surface area (Å²) < 4.78 is 17.7. The maximum Gasteiger partial charge on any atom is 0.410 e. The number of hydrogen-bond donors (Lipinski definition) is 9. The summed E-state index contributed by atoms with van der Waals surface area (Å²) in [6.45, 7) is 24.7. The number of hydrogen-bond acceptors (Lipinski definition) is 14. The lowest BCUT2D eigenvalue weighted by atomic mass is 9.89. The van der Waals surface area contributed by atoms with Crippen LogP contribution in [-0.4, -0.2) is 182 Å². The summed E-state index contributed by atoms with van der Waals surface area (Å²) >= 11 is 0. The van der Waals surface area contributed by atoms with Crippen molar-refractivity contribution in [1.82, 2.24) is 46.6 Å². The van der Waals surface area contributed by atoms with E-state index in [1.165, 1.54) is 26.2 Å². The number of rotatable bonds is 36. The highest BCUT2D eigenvalue weighted by molar-refractivity contribution is 5.99.